The number of hydrogen-bond donors (Lipinski definition) is 0. The van der Waals surface area contributed by atoms with Gasteiger partial charge in [0.15, 0.2) is 6.29 Å². The van der Waals surface area contributed by atoms with Crippen molar-refractivity contribution in [3.8, 4) is 0 Å². The van der Waals surface area contributed by atoms with Gasteiger partial charge in [0.25, 0.3) is 0 Å². The number of hydrogen-bond acceptors (Lipinski definition) is 3. The molecule has 0 aromatic heterocycles. The summed E-state index contributed by atoms with van der Waals surface area (Å²) in [5.74, 6) is 0. The summed E-state index contributed by atoms with van der Waals surface area (Å²) in [6.07, 6.45) is 1.85. The van der Waals surface area contributed by atoms with Crippen molar-refractivity contribution in [2.75, 3.05) is 6.61 Å². The number of ether oxygens (including phenoxy) is 1. The Morgan fingerprint density at radius 2 is 2.00 bits per heavy atom. The van der Waals surface area contributed by atoms with Crippen molar-refractivity contribution in [2.24, 2.45) is 5.41 Å². The van der Waals surface area contributed by atoms with Crippen LogP contribution in [0.1, 0.15) is 31.4 Å². The van der Waals surface area contributed by atoms with Crippen LogP contribution >= 0.6 is 0 Å². The third-order valence-corrected chi connectivity index (χ3v) is 3.59. The minimum Gasteiger partial charge on any atom is -0.349 e. The predicted octanol–water partition coefficient (Wildman–Crippen LogP) is 2.83. The second-order valence-corrected chi connectivity index (χ2v) is 4.90. The molecule has 0 bridgehead atoms. The molecule has 1 aromatic rings. The molecule has 3 rings (SSSR count). The molecular formula is C13H16O3. The van der Waals surface area contributed by atoms with Gasteiger partial charge < -0.3 is 4.74 Å². The highest BCUT2D eigenvalue weighted by Crippen LogP contribution is 2.47. The molecule has 2 fully saturated rings. The quantitative estimate of drug-likeness (QED) is 0.681. The summed E-state index contributed by atoms with van der Waals surface area (Å²) < 4.78 is 5.50. The second-order valence-electron chi connectivity index (χ2n) is 4.90. The van der Waals surface area contributed by atoms with Gasteiger partial charge >= 0.3 is 0 Å². The smallest absolute Gasteiger partial charge is 0.196 e. The summed E-state index contributed by atoms with van der Waals surface area (Å²) in [5, 5.41) is 0. The lowest BCUT2D eigenvalue weighted by atomic mass is 9.80. The Morgan fingerprint density at radius 3 is 2.81 bits per heavy atom. The molecule has 3 atom stereocenters. The standard InChI is InChI=1S/C13H16O3/c1-13-7-8-14-12(13)16-15-11(9-13)10-5-3-2-4-6-10/h2-6,11-12H,7-9H2,1H3/t11-,12+,13-/m1/s1. The molecular weight excluding hydrogens is 204 g/mol. The molecule has 0 N–H and O–H groups in total. The van der Waals surface area contributed by atoms with Crippen LogP contribution in [0.3, 0.4) is 0 Å². The van der Waals surface area contributed by atoms with Crippen LogP contribution in [0.2, 0.25) is 0 Å². The summed E-state index contributed by atoms with van der Waals surface area (Å²) >= 11 is 0. The summed E-state index contributed by atoms with van der Waals surface area (Å²) in [5.41, 5.74) is 1.27. The first-order chi connectivity index (χ1) is 7.78. The van der Waals surface area contributed by atoms with Gasteiger partial charge in [-0.25, -0.2) is 9.78 Å². The molecule has 3 nitrogen and oxygen atoms in total. The minimum absolute atomic E-state index is 0.0316. The van der Waals surface area contributed by atoms with Gasteiger partial charge in [-0.2, -0.15) is 0 Å². The van der Waals surface area contributed by atoms with Gasteiger partial charge in [-0.1, -0.05) is 37.3 Å². The lowest BCUT2D eigenvalue weighted by Gasteiger charge is -2.37. The third kappa shape index (κ3) is 1.65. The average Bonchev–Trinajstić information content (AvgIpc) is 2.70. The molecule has 3 heteroatoms. The van der Waals surface area contributed by atoms with Crippen LogP contribution in [0.5, 0.6) is 0 Å². The molecule has 0 radical (unpaired) electrons. The van der Waals surface area contributed by atoms with Crippen molar-refractivity contribution < 1.29 is 14.5 Å². The van der Waals surface area contributed by atoms with Crippen molar-refractivity contribution in [3.05, 3.63) is 35.9 Å². The predicted molar refractivity (Wildman–Crippen MR) is 58.4 cm³/mol. The number of benzene rings is 1. The van der Waals surface area contributed by atoms with Crippen LogP contribution in [-0.4, -0.2) is 12.9 Å². The first-order valence-corrected chi connectivity index (χ1v) is 5.77. The Bertz CT molecular complexity index is 365. The van der Waals surface area contributed by atoms with Crippen LogP contribution in [0.25, 0.3) is 0 Å². The van der Waals surface area contributed by atoms with E-state index in [1.54, 1.807) is 0 Å². The van der Waals surface area contributed by atoms with Gasteiger partial charge in [-0.15, -0.1) is 0 Å². The first-order valence-electron chi connectivity index (χ1n) is 5.77. The van der Waals surface area contributed by atoms with Crippen LogP contribution in [0, 0.1) is 5.41 Å². The molecule has 0 aliphatic carbocycles. The van der Waals surface area contributed by atoms with Crippen molar-refractivity contribution in [1.82, 2.24) is 0 Å². The van der Waals surface area contributed by atoms with Gasteiger partial charge in [0, 0.05) is 5.41 Å². The van der Waals surface area contributed by atoms with Gasteiger partial charge in [0.05, 0.1) is 6.61 Å². The normalized spacial score (nSPS) is 38.3. The van der Waals surface area contributed by atoms with Crippen LogP contribution < -0.4 is 0 Å². The molecule has 2 saturated heterocycles. The molecule has 2 heterocycles. The maximum Gasteiger partial charge on any atom is 0.196 e. The number of rotatable bonds is 1. The van der Waals surface area contributed by atoms with Crippen molar-refractivity contribution in [2.45, 2.75) is 32.2 Å². The van der Waals surface area contributed by atoms with Crippen molar-refractivity contribution in [1.29, 1.82) is 0 Å². The zero-order valence-corrected chi connectivity index (χ0v) is 9.39. The fourth-order valence-electron chi connectivity index (χ4n) is 2.48. The van der Waals surface area contributed by atoms with Gasteiger partial charge in [-0.05, 0) is 18.4 Å². The van der Waals surface area contributed by atoms with Crippen LogP contribution in [-0.2, 0) is 14.5 Å². The Balaban J connectivity index is 1.80. The van der Waals surface area contributed by atoms with E-state index in [9.17, 15) is 0 Å². The fourth-order valence-corrected chi connectivity index (χ4v) is 2.48. The third-order valence-electron chi connectivity index (χ3n) is 3.59. The van der Waals surface area contributed by atoms with Crippen LogP contribution in [0.4, 0.5) is 0 Å². The highest BCUT2D eigenvalue weighted by Gasteiger charge is 2.47. The topological polar surface area (TPSA) is 27.7 Å². The Kier molecular flexibility index (Phi) is 2.46. The minimum atomic E-state index is -0.188. The van der Waals surface area contributed by atoms with E-state index in [2.05, 4.69) is 19.1 Å². The molecule has 1 aromatic carbocycles. The maximum atomic E-state index is 5.50. The molecule has 2 aliphatic rings. The molecule has 0 unspecified atom stereocenters. The average molecular weight is 220 g/mol. The van der Waals surface area contributed by atoms with E-state index < -0.39 is 0 Å². The molecule has 86 valence electrons. The molecule has 2 aliphatic heterocycles. The van der Waals surface area contributed by atoms with E-state index in [1.165, 1.54) is 5.56 Å². The molecule has 0 saturated carbocycles. The summed E-state index contributed by atoms with van der Waals surface area (Å²) in [7, 11) is 0. The molecule has 0 spiro atoms. The lowest BCUT2D eigenvalue weighted by molar-refractivity contribution is -0.439. The SMILES string of the molecule is C[C@]12CCO[C@H]1OO[C@@H](c1ccccc1)C2. The fraction of sp³-hybridized carbons (Fsp3) is 0.538. The Morgan fingerprint density at radius 1 is 1.19 bits per heavy atom. The van der Waals surface area contributed by atoms with Crippen LogP contribution in [0.15, 0.2) is 30.3 Å². The van der Waals surface area contributed by atoms with E-state index in [0.29, 0.717) is 0 Å². The van der Waals surface area contributed by atoms with E-state index in [-0.39, 0.29) is 17.8 Å². The second kappa shape index (κ2) is 3.84. The Labute approximate surface area is 95.2 Å². The van der Waals surface area contributed by atoms with E-state index >= 15 is 0 Å². The molecule has 16 heavy (non-hydrogen) atoms. The maximum absolute atomic E-state index is 5.50. The summed E-state index contributed by atoms with van der Waals surface area (Å²) in [6.45, 7) is 2.98. The van der Waals surface area contributed by atoms with Gasteiger partial charge in [0.1, 0.15) is 6.10 Å². The zero-order valence-electron chi connectivity index (χ0n) is 9.39. The molecule has 0 amide bonds. The van der Waals surface area contributed by atoms with E-state index in [1.807, 2.05) is 18.2 Å². The van der Waals surface area contributed by atoms with Crippen molar-refractivity contribution in [3.63, 3.8) is 0 Å². The van der Waals surface area contributed by atoms with Gasteiger partial charge in [0.2, 0.25) is 0 Å². The zero-order chi connectivity index (χ0) is 11.0. The summed E-state index contributed by atoms with van der Waals surface area (Å²) in [4.78, 5) is 10.8. The first kappa shape index (κ1) is 10.3. The van der Waals surface area contributed by atoms with E-state index in [0.717, 1.165) is 19.4 Å². The lowest BCUT2D eigenvalue weighted by Crippen LogP contribution is -2.37. The van der Waals surface area contributed by atoms with E-state index in [4.69, 9.17) is 14.5 Å². The Hall–Kier alpha value is -0.900. The summed E-state index contributed by atoms with van der Waals surface area (Å²) in [6, 6.07) is 10.2. The van der Waals surface area contributed by atoms with Gasteiger partial charge in [-0.3, -0.25) is 0 Å². The largest absolute Gasteiger partial charge is 0.349 e. The van der Waals surface area contributed by atoms with Crippen molar-refractivity contribution >= 4 is 0 Å². The monoisotopic (exact) mass is 220 g/mol. The highest BCUT2D eigenvalue weighted by atomic mass is 17.2. The number of fused-ring (bicyclic) bond motifs is 1. The highest BCUT2D eigenvalue weighted by molar-refractivity contribution is 5.18.